The lowest BCUT2D eigenvalue weighted by Gasteiger charge is -2.41. The van der Waals surface area contributed by atoms with Crippen molar-refractivity contribution in [2.75, 3.05) is 13.2 Å². The number of rotatable bonds is 36. The Hall–Kier alpha value is -1.60. The summed E-state index contributed by atoms with van der Waals surface area (Å²) in [5.41, 5.74) is 0. The van der Waals surface area contributed by atoms with Crippen molar-refractivity contribution in [1.82, 2.24) is 0 Å². The monoisotopic (exact) mass is 819 g/mol. The van der Waals surface area contributed by atoms with Crippen LogP contribution < -0.4 is 0 Å². The number of carbonyl (C=O) groups is 1. The van der Waals surface area contributed by atoms with Gasteiger partial charge in [-0.05, 0) is 57.4 Å². The summed E-state index contributed by atoms with van der Waals surface area (Å²) in [6.45, 7) is 3.67. The first kappa shape index (κ1) is 52.4. The number of unbranched alkanes of at least 4 members (excludes halogenated alkanes) is 20. The SMILES string of the molecule is CCCCC/C=C\C/C=C\CCCCCCCC(=O)O[C@H](CO/C=C\CCCCCCCCCCCCCC)COP(=O)(O)OC1C(O)C(O)C(O)[C@@H](O)C1O. The Balaban J connectivity index is 2.47. The number of allylic oxidation sites excluding steroid dienone is 5. The molecule has 1 aliphatic rings. The predicted octanol–water partition coefficient (Wildman–Crippen LogP) is 8.65. The predicted molar refractivity (Wildman–Crippen MR) is 221 cm³/mol. The van der Waals surface area contributed by atoms with Crippen molar-refractivity contribution in [1.29, 1.82) is 0 Å². The van der Waals surface area contributed by atoms with Crippen LogP contribution in [0.4, 0.5) is 0 Å². The molecule has 12 nitrogen and oxygen atoms in total. The smallest absolute Gasteiger partial charge is 0.472 e. The first-order chi connectivity index (χ1) is 27.0. The zero-order valence-corrected chi connectivity index (χ0v) is 35.6. The summed E-state index contributed by atoms with van der Waals surface area (Å²) in [5, 5.41) is 50.1. The lowest BCUT2D eigenvalue weighted by atomic mass is 9.85. The van der Waals surface area contributed by atoms with E-state index in [1.165, 1.54) is 89.7 Å². The molecule has 328 valence electrons. The average molecular weight is 819 g/mol. The maximum absolute atomic E-state index is 12.8. The third-order valence-electron chi connectivity index (χ3n) is 10.1. The number of phosphoric acid groups is 1. The van der Waals surface area contributed by atoms with Crippen molar-refractivity contribution in [3.05, 3.63) is 36.6 Å². The van der Waals surface area contributed by atoms with Crippen LogP contribution in [-0.4, -0.2) is 92.3 Å². The molecule has 13 heteroatoms. The van der Waals surface area contributed by atoms with E-state index in [-0.39, 0.29) is 13.0 Å². The highest BCUT2D eigenvalue weighted by molar-refractivity contribution is 7.47. The number of esters is 1. The van der Waals surface area contributed by atoms with Gasteiger partial charge in [-0.25, -0.2) is 4.57 Å². The Morgan fingerprint density at radius 3 is 1.54 bits per heavy atom. The first-order valence-electron chi connectivity index (χ1n) is 21.9. The highest BCUT2D eigenvalue weighted by Gasteiger charge is 2.51. The minimum atomic E-state index is -5.03. The van der Waals surface area contributed by atoms with Crippen molar-refractivity contribution in [3.8, 4) is 0 Å². The summed E-state index contributed by atoms with van der Waals surface area (Å²) >= 11 is 0. The maximum Gasteiger partial charge on any atom is 0.472 e. The normalized spacial score (nSPS) is 23.3. The third kappa shape index (κ3) is 26.4. The van der Waals surface area contributed by atoms with Gasteiger partial charge in [0, 0.05) is 6.42 Å². The van der Waals surface area contributed by atoms with Gasteiger partial charge in [0.15, 0.2) is 6.10 Å². The summed E-state index contributed by atoms with van der Waals surface area (Å²) in [6, 6.07) is 0. The van der Waals surface area contributed by atoms with Gasteiger partial charge < -0.3 is 39.9 Å². The molecule has 0 amide bonds. The second-order valence-corrected chi connectivity index (χ2v) is 16.7. The van der Waals surface area contributed by atoms with E-state index in [0.29, 0.717) is 6.42 Å². The Kier molecular flexibility index (Phi) is 32.1. The molecule has 0 heterocycles. The van der Waals surface area contributed by atoms with Gasteiger partial charge >= 0.3 is 13.8 Å². The molecule has 6 unspecified atom stereocenters. The molecule has 1 saturated carbocycles. The van der Waals surface area contributed by atoms with E-state index in [2.05, 4.69) is 38.2 Å². The highest BCUT2D eigenvalue weighted by atomic mass is 31.2. The fourth-order valence-corrected chi connectivity index (χ4v) is 7.50. The van der Waals surface area contributed by atoms with Gasteiger partial charge in [0.1, 0.15) is 43.2 Å². The summed E-state index contributed by atoms with van der Waals surface area (Å²) < 4.78 is 33.8. The summed E-state index contributed by atoms with van der Waals surface area (Å²) in [6.07, 6.45) is 27.2. The molecule has 0 spiro atoms. The van der Waals surface area contributed by atoms with Crippen LogP contribution in [0.5, 0.6) is 0 Å². The lowest BCUT2D eigenvalue weighted by Crippen LogP contribution is -2.64. The zero-order valence-electron chi connectivity index (χ0n) is 34.7. The number of phosphoric ester groups is 1. The largest absolute Gasteiger partial charge is 0.498 e. The van der Waals surface area contributed by atoms with Crippen molar-refractivity contribution >= 4 is 13.8 Å². The van der Waals surface area contributed by atoms with Gasteiger partial charge in [-0.1, -0.05) is 141 Å². The second-order valence-electron chi connectivity index (χ2n) is 15.3. The van der Waals surface area contributed by atoms with Gasteiger partial charge in [-0.2, -0.15) is 0 Å². The number of aliphatic hydroxyl groups is 5. The summed E-state index contributed by atoms with van der Waals surface area (Å²) in [4.78, 5) is 23.1. The van der Waals surface area contributed by atoms with Crippen LogP contribution in [0.3, 0.4) is 0 Å². The lowest BCUT2D eigenvalue weighted by molar-refractivity contribution is -0.220. The molecule has 56 heavy (non-hydrogen) atoms. The van der Waals surface area contributed by atoms with Crippen molar-refractivity contribution in [2.45, 2.75) is 217 Å². The van der Waals surface area contributed by atoms with Crippen LogP contribution in [-0.2, 0) is 27.9 Å². The van der Waals surface area contributed by atoms with E-state index in [1.807, 2.05) is 6.08 Å². The Labute approximate surface area is 338 Å². The van der Waals surface area contributed by atoms with E-state index >= 15 is 0 Å². The summed E-state index contributed by atoms with van der Waals surface area (Å²) in [5.74, 6) is -0.514. The molecule has 6 N–H and O–H groups in total. The van der Waals surface area contributed by atoms with Crippen LogP contribution in [0.1, 0.15) is 174 Å². The molecular weight excluding hydrogens is 739 g/mol. The molecule has 1 rings (SSSR count). The fourth-order valence-electron chi connectivity index (χ4n) is 6.53. The molecule has 1 aliphatic carbocycles. The molecule has 0 aromatic carbocycles. The molecule has 0 aromatic rings. The van der Waals surface area contributed by atoms with Crippen LogP contribution in [0.2, 0.25) is 0 Å². The van der Waals surface area contributed by atoms with Crippen LogP contribution in [0.25, 0.3) is 0 Å². The number of aliphatic hydroxyl groups excluding tert-OH is 5. The van der Waals surface area contributed by atoms with Crippen molar-refractivity contribution < 1.29 is 58.3 Å². The number of hydrogen-bond acceptors (Lipinski definition) is 11. The molecule has 1 fully saturated rings. The maximum atomic E-state index is 12.8. The van der Waals surface area contributed by atoms with Gasteiger partial charge in [0.2, 0.25) is 0 Å². The van der Waals surface area contributed by atoms with Gasteiger partial charge in [0.05, 0.1) is 12.9 Å². The van der Waals surface area contributed by atoms with Crippen LogP contribution >= 0.6 is 7.82 Å². The van der Waals surface area contributed by atoms with E-state index in [1.54, 1.807) is 0 Å². The first-order valence-corrected chi connectivity index (χ1v) is 23.4. The molecule has 0 aliphatic heterocycles. The average Bonchev–Trinajstić information content (AvgIpc) is 3.18. The summed E-state index contributed by atoms with van der Waals surface area (Å²) in [7, 11) is -5.03. The fraction of sp³-hybridized carbons (Fsp3) is 0.837. The number of hydrogen-bond donors (Lipinski definition) is 6. The third-order valence-corrected chi connectivity index (χ3v) is 11.1. The molecule has 0 aromatic heterocycles. The van der Waals surface area contributed by atoms with E-state index in [4.69, 9.17) is 18.5 Å². The van der Waals surface area contributed by atoms with Crippen molar-refractivity contribution in [3.63, 3.8) is 0 Å². The quantitative estimate of drug-likeness (QED) is 0.0116. The van der Waals surface area contributed by atoms with E-state index in [9.17, 15) is 39.8 Å². The van der Waals surface area contributed by atoms with Crippen LogP contribution in [0, 0.1) is 0 Å². The van der Waals surface area contributed by atoms with Crippen LogP contribution in [0.15, 0.2) is 36.6 Å². The Morgan fingerprint density at radius 2 is 1.00 bits per heavy atom. The molecular formula is C43H79O12P. The van der Waals surface area contributed by atoms with Gasteiger partial charge in [0.25, 0.3) is 0 Å². The number of carbonyl (C=O) groups excluding carboxylic acids is 1. The van der Waals surface area contributed by atoms with Gasteiger partial charge in [-0.3, -0.25) is 13.8 Å². The van der Waals surface area contributed by atoms with E-state index < -0.39 is 63.1 Å². The van der Waals surface area contributed by atoms with E-state index in [0.717, 1.165) is 64.2 Å². The van der Waals surface area contributed by atoms with Crippen molar-refractivity contribution in [2.24, 2.45) is 0 Å². The Bertz CT molecular complexity index is 1070. The molecule has 0 saturated heterocycles. The molecule has 8 atom stereocenters. The molecule has 0 bridgehead atoms. The van der Waals surface area contributed by atoms with Gasteiger partial charge in [-0.15, -0.1) is 0 Å². The second kappa shape index (κ2) is 34.3. The Morgan fingerprint density at radius 1 is 0.571 bits per heavy atom. The number of ether oxygens (including phenoxy) is 2. The minimum Gasteiger partial charge on any atom is -0.498 e. The zero-order chi connectivity index (χ0) is 41.3. The topological polar surface area (TPSA) is 192 Å². The molecule has 0 radical (unpaired) electrons. The minimum absolute atomic E-state index is 0.154. The standard InChI is InChI=1S/C43H79O12P/c1-3-5-7-9-11-13-15-17-19-20-22-24-26-28-30-32-37(44)54-36(34-52-33-31-29-27-25-23-21-18-16-14-12-10-8-6-4-2)35-53-56(50,51)55-43-41(48)39(46)38(45)40(47)42(43)49/h11,13,17,19,31,33,36,38-43,45-49H,3-10,12,14-16,18,20-30,32,34-35H2,1-2H3,(H,50,51)/b13-11-,19-17-,33-31-/t36-,38?,39-,40?,41?,42?,43?/m1/s1. The highest BCUT2D eigenvalue weighted by Crippen LogP contribution is 2.47.